The number of rotatable bonds is 3. The number of aromatic amines is 1. The van der Waals surface area contributed by atoms with Gasteiger partial charge in [0.1, 0.15) is 0 Å². The Balaban J connectivity index is 1.74. The minimum Gasteiger partial charge on any atom is -0.349 e. The van der Waals surface area contributed by atoms with Crippen molar-refractivity contribution in [2.45, 2.75) is 25.8 Å². The van der Waals surface area contributed by atoms with Crippen LogP contribution in [0.3, 0.4) is 0 Å². The first-order valence-corrected chi connectivity index (χ1v) is 7.42. The van der Waals surface area contributed by atoms with Gasteiger partial charge in [-0.1, -0.05) is 6.07 Å². The number of benzene rings is 1. The highest BCUT2D eigenvalue weighted by atomic mass is 16.1. The summed E-state index contributed by atoms with van der Waals surface area (Å²) in [5.74, 6) is -0.00635. The van der Waals surface area contributed by atoms with Crippen molar-refractivity contribution in [3.05, 3.63) is 47.8 Å². The summed E-state index contributed by atoms with van der Waals surface area (Å²) in [5.41, 5.74) is 4.52. The van der Waals surface area contributed by atoms with E-state index in [0.717, 1.165) is 40.6 Å². The molecule has 0 aliphatic heterocycles. The average molecular weight is 292 g/mol. The fourth-order valence-corrected chi connectivity index (χ4v) is 2.53. The quantitative estimate of drug-likeness (QED) is 0.779. The second kappa shape index (κ2) is 4.94. The van der Waals surface area contributed by atoms with Gasteiger partial charge in [0.2, 0.25) is 0 Å². The van der Waals surface area contributed by atoms with E-state index >= 15 is 0 Å². The van der Waals surface area contributed by atoms with Crippen molar-refractivity contribution in [1.82, 2.24) is 20.5 Å². The molecule has 1 fully saturated rings. The molecule has 0 bridgehead atoms. The summed E-state index contributed by atoms with van der Waals surface area (Å²) < 4.78 is 0. The predicted octanol–water partition coefficient (Wildman–Crippen LogP) is 2.83. The van der Waals surface area contributed by atoms with Crippen molar-refractivity contribution >= 4 is 16.8 Å². The number of carbonyl (C=O) groups excluding carboxylic acids is 1. The van der Waals surface area contributed by atoms with Gasteiger partial charge in [-0.2, -0.15) is 5.10 Å². The maximum atomic E-state index is 12.2. The number of hydrogen-bond acceptors (Lipinski definition) is 3. The van der Waals surface area contributed by atoms with Crippen molar-refractivity contribution in [2.24, 2.45) is 0 Å². The third-order valence-corrected chi connectivity index (χ3v) is 4.01. The van der Waals surface area contributed by atoms with Gasteiger partial charge in [0.25, 0.3) is 5.91 Å². The highest BCUT2D eigenvalue weighted by molar-refractivity contribution is 5.96. The van der Waals surface area contributed by atoms with Crippen LogP contribution in [-0.4, -0.2) is 27.1 Å². The number of pyridine rings is 1. The van der Waals surface area contributed by atoms with Crippen molar-refractivity contribution in [1.29, 1.82) is 0 Å². The molecule has 4 rings (SSSR count). The second-order valence-corrected chi connectivity index (χ2v) is 5.80. The number of fused-ring (bicyclic) bond motifs is 1. The fraction of sp³-hybridized carbons (Fsp3) is 0.235. The molecule has 1 aliphatic carbocycles. The van der Waals surface area contributed by atoms with E-state index in [4.69, 9.17) is 0 Å². The Hall–Kier alpha value is -2.69. The summed E-state index contributed by atoms with van der Waals surface area (Å²) in [6.07, 6.45) is 5.72. The number of carbonyl (C=O) groups is 1. The van der Waals surface area contributed by atoms with E-state index in [9.17, 15) is 4.79 Å². The van der Waals surface area contributed by atoms with Crippen LogP contribution >= 0.6 is 0 Å². The molecule has 1 saturated carbocycles. The molecule has 0 unspecified atom stereocenters. The molecule has 0 radical (unpaired) electrons. The van der Waals surface area contributed by atoms with Gasteiger partial charge in [-0.05, 0) is 43.5 Å². The van der Waals surface area contributed by atoms with Crippen molar-refractivity contribution in [3.63, 3.8) is 0 Å². The van der Waals surface area contributed by atoms with Gasteiger partial charge < -0.3 is 5.32 Å². The van der Waals surface area contributed by atoms with Crippen LogP contribution in [0.25, 0.3) is 22.2 Å². The zero-order chi connectivity index (χ0) is 15.1. The lowest BCUT2D eigenvalue weighted by atomic mass is 10.0. The number of nitrogens with zero attached hydrogens (tertiary/aromatic N) is 2. The first-order valence-electron chi connectivity index (χ1n) is 7.42. The van der Waals surface area contributed by atoms with Crippen LogP contribution in [0.15, 0.2) is 36.7 Å². The lowest BCUT2D eigenvalue weighted by Gasteiger charge is -2.09. The zero-order valence-electron chi connectivity index (χ0n) is 12.3. The standard InChI is InChI=1S/C17H16N4O/c1-10-2-3-11(17(22)20-13-4-5-13)6-14(10)15-7-12-8-19-21-16(12)9-18-15/h2-3,6-9,13H,4-5H2,1H3,(H,19,21)(H,20,22). The van der Waals surface area contributed by atoms with Crippen LogP contribution in [0.5, 0.6) is 0 Å². The molecular formula is C17H16N4O. The molecule has 3 aromatic rings. The van der Waals surface area contributed by atoms with E-state index in [2.05, 4.69) is 20.5 Å². The van der Waals surface area contributed by atoms with Gasteiger partial charge in [0.05, 0.1) is 23.6 Å². The number of hydrogen-bond donors (Lipinski definition) is 2. The van der Waals surface area contributed by atoms with Gasteiger partial charge in [-0.3, -0.25) is 14.9 Å². The maximum absolute atomic E-state index is 12.2. The number of aryl methyl sites for hydroxylation is 1. The Bertz CT molecular complexity index is 864. The summed E-state index contributed by atoms with van der Waals surface area (Å²) in [4.78, 5) is 16.7. The topological polar surface area (TPSA) is 70.7 Å². The Morgan fingerprint density at radius 3 is 2.95 bits per heavy atom. The van der Waals surface area contributed by atoms with Crippen LogP contribution in [-0.2, 0) is 0 Å². The predicted molar refractivity (Wildman–Crippen MR) is 84.5 cm³/mol. The number of H-pyrrole nitrogens is 1. The molecule has 2 heterocycles. The Morgan fingerprint density at radius 1 is 1.27 bits per heavy atom. The van der Waals surface area contributed by atoms with Crippen LogP contribution < -0.4 is 5.32 Å². The highest BCUT2D eigenvalue weighted by Crippen LogP contribution is 2.26. The molecule has 110 valence electrons. The fourth-order valence-electron chi connectivity index (χ4n) is 2.53. The molecule has 0 atom stereocenters. The molecule has 1 aliphatic rings. The van der Waals surface area contributed by atoms with Gasteiger partial charge in [-0.15, -0.1) is 0 Å². The first kappa shape index (κ1) is 13.0. The number of nitrogens with one attached hydrogen (secondary N) is 2. The molecule has 1 aromatic carbocycles. The zero-order valence-corrected chi connectivity index (χ0v) is 12.3. The van der Waals surface area contributed by atoms with Crippen molar-refractivity contribution in [3.8, 4) is 11.3 Å². The van der Waals surface area contributed by atoms with Crippen LogP contribution in [0.4, 0.5) is 0 Å². The maximum Gasteiger partial charge on any atom is 0.251 e. The number of aromatic nitrogens is 3. The normalized spacial score (nSPS) is 14.2. The van der Waals surface area contributed by atoms with Crippen molar-refractivity contribution in [2.75, 3.05) is 0 Å². The van der Waals surface area contributed by atoms with E-state index in [1.165, 1.54) is 0 Å². The SMILES string of the molecule is Cc1ccc(C(=O)NC2CC2)cc1-c1cc2cn[nH]c2cn1. The Kier molecular flexibility index (Phi) is 2.92. The van der Waals surface area contributed by atoms with Gasteiger partial charge in [0, 0.05) is 22.6 Å². The van der Waals surface area contributed by atoms with E-state index in [-0.39, 0.29) is 5.91 Å². The third-order valence-electron chi connectivity index (χ3n) is 4.01. The minimum absolute atomic E-state index is 0.00635. The monoisotopic (exact) mass is 292 g/mol. The van der Waals surface area contributed by atoms with Gasteiger partial charge in [-0.25, -0.2) is 0 Å². The Morgan fingerprint density at radius 2 is 2.14 bits per heavy atom. The third kappa shape index (κ3) is 2.35. The van der Waals surface area contributed by atoms with E-state index < -0.39 is 0 Å². The van der Waals surface area contributed by atoms with Crippen molar-refractivity contribution < 1.29 is 4.79 Å². The lowest BCUT2D eigenvalue weighted by Crippen LogP contribution is -2.25. The van der Waals surface area contributed by atoms with Gasteiger partial charge in [0.15, 0.2) is 0 Å². The van der Waals surface area contributed by atoms with E-state index in [1.54, 1.807) is 12.4 Å². The number of amides is 1. The summed E-state index contributed by atoms with van der Waals surface area (Å²) in [6, 6.07) is 8.11. The molecule has 5 heteroatoms. The first-order chi connectivity index (χ1) is 10.7. The summed E-state index contributed by atoms with van der Waals surface area (Å²) in [5, 5.41) is 10.9. The molecular weight excluding hydrogens is 276 g/mol. The summed E-state index contributed by atoms with van der Waals surface area (Å²) >= 11 is 0. The smallest absolute Gasteiger partial charge is 0.251 e. The van der Waals surface area contributed by atoms with E-state index in [0.29, 0.717) is 11.6 Å². The summed E-state index contributed by atoms with van der Waals surface area (Å²) in [7, 11) is 0. The average Bonchev–Trinajstić information content (AvgIpc) is 3.21. The molecule has 1 amide bonds. The second-order valence-electron chi connectivity index (χ2n) is 5.80. The molecule has 5 nitrogen and oxygen atoms in total. The molecule has 22 heavy (non-hydrogen) atoms. The molecule has 0 saturated heterocycles. The van der Waals surface area contributed by atoms with Crippen LogP contribution in [0.2, 0.25) is 0 Å². The van der Waals surface area contributed by atoms with Crippen LogP contribution in [0.1, 0.15) is 28.8 Å². The summed E-state index contributed by atoms with van der Waals surface area (Å²) in [6.45, 7) is 2.03. The highest BCUT2D eigenvalue weighted by Gasteiger charge is 2.24. The van der Waals surface area contributed by atoms with Gasteiger partial charge >= 0.3 is 0 Å². The molecule has 2 N–H and O–H groups in total. The van der Waals surface area contributed by atoms with Crippen LogP contribution in [0, 0.1) is 6.92 Å². The molecule has 2 aromatic heterocycles. The Labute approximate surface area is 127 Å². The largest absolute Gasteiger partial charge is 0.349 e. The molecule has 0 spiro atoms. The van der Waals surface area contributed by atoms with E-state index in [1.807, 2.05) is 31.2 Å². The lowest BCUT2D eigenvalue weighted by molar-refractivity contribution is 0.0951. The minimum atomic E-state index is -0.00635.